The van der Waals surface area contributed by atoms with Gasteiger partial charge in [0, 0.05) is 22.6 Å². The van der Waals surface area contributed by atoms with Crippen molar-refractivity contribution >= 4 is 32.4 Å². The first-order chi connectivity index (χ1) is 20.7. The average molecular weight is 542 g/mol. The number of ether oxygens (including phenoxy) is 1. The summed E-state index contributed by atoms with van der Waals surface area (Å²) < 4.78 is 7.44. The number of hydrogen-bond donors (Lipinski definition) is 0. The second kappa shape index (κ2) is 10.8. The fourth-order valence-corrected chi connectivity index (χ4v) is 5.84. The molecule has 1 aromatic heterocycles. The number of fused-ring (bicyclic) bond motifs is 4. The summed E-state index contributed by atoms with van der Waals surface area (Å²) in [6.45, 7) is 0.491. The zero-order valence-electron chi connectivity index (χ0n) is 23.2. The lowest BCUT2D eigenvalue weighted by molar-refractivity contribution is 0.413. The molecule has 0 aliphatic carbocycles. The quantitative estimate of drug-likeness (QED) is 0.165. The third kappa shape index (κ3) is 4.50. The Morgan fingerprint density at radius 2 is 1.29 bits per heavy atom. The van der Waals surface area contributed by atoms with E-state index in [0.29, 0.717) is 6.54 Å². The second-order valence-corrected chi connectivity index (χ2v) is 10.3. The van der Waals surface area contributed by atoms with Crippen molar-refractivity contribution in [1.82, 2.24) is 4.57 Å². The Bertz CT molecular complexity index is 2230. The summed E-state index contributed by atoms with van der Waals surface area (Å²) in [4.78, 5) is 14.0. The summed E-state index contributed by atoms with van der Waals surface area (Å²) in [5, 5.41) is 5.41. The van der Waals surface area contributed by atoms with E-state index in [1.54, 1.807) is 13.2 Å². The van der Waals surface area contributed by atoms with Gasteiger partial charge < -0.3 is 9.30 Å². The van der Waals surface area contributed by atoms with Gasteiger partial charge in [0.2, 0.25) is 0 Å². The fourth-order valence-electron chi connectivity index (χ4n) is 5.84. The van der Waals surface area contributed by atoms with Crippen molar-refractivity contribution in [2.45, 2.75) is 6.54 Å². The summed E-state index contributed by atoms with van der Waals surface area (Å²) in [6, 6.07) is 44.7. The smallest absolute Gasteiger partial charge is 0.251 e. The zero-order valence-corrected chi connectivity index (χ0v) is 23.2. The molecule has 0 saturated heterocycles. The van der Waals surface area contributed by atoms with Crippen LogP contribution in [0.25, 0.3) is 43.6 Å². The van der Waals surface area contributed by atoms with Gasteiger partial charge in [-0.3, -0.25) is 4.79 Å². The Kier molecular flexibility index (Phi) is 6.51. The number of hydrogen-bond acceptors (Lipinski definition) is 2. The normalized spacial score (nSPS) is 11.0. The van der Waals surface area contributed by atoms with Crippen LogP contribution in [0.3, 0.4) is 0 Å². The van der Waals surface area contributed by atoms with E-state index >= 15 is 0 Å². The predicted octanol–water partition coefficient (Wildman–Crippen LogP) is 8.43. The van der Waals surface area contributed by atoms with E-state index in [0.717, 1.165) is 66.0 Å². The topological polar surface area (TPSA) is 31.2 Å². The highest BCUT2D eigenvalue weighted by atomic mass is 16.5. The van der Waals surface area contributed by atoms with Crippen molar-refractivity contribution in [3.63, 3.8) is 0 Å². The summed E-state index contributed by atoms with van der Waals surface area (Å²) >= 11 is 0. The number of para-hydroxylation sites is 1. The molecule has 0 fully saturated rings. The van der Waals surface area contributed by atoms with Gasteiger partial charge in [-0.25, -0.2) is 0 Å². The Balaban J connectivity index is 1.57. The fraction of sp³-hybridized carbons (Fsp3) is 0.0513. The minimum Gasteiger partial charge on any atom is -0.495 e. The molecule has 200 valence electrons. The standard InChI is InChI=1S/C39H27NO2/c1-42-36-18-10-7-15-30(36)20-22-31-21-19-28-13-5-8-16-32(28)38(31)34-25-37(41)40(26-27-11-3-2-4-12-27)35-24-23-29-14-6-9-17-33(29)39(34)35/h2-19,21,23-25H,26H2,1H3. The number of methoxy groups -OCH3 is 1. The molecule has 0 aliphatic heterocycles. The summed E-state index contributed by atoms with van der Waals surface area (Å²) in [7, 11) is 1.66. The van der Waals surface area contributed by atoms with Crippen LogP contribution in [0, 0.1) is 11.8 Å². The molecule has 42 heavy (non-hydrogen) atoms. The monoisotopic (exact) mass is 541 g/mol. The molecule has 0 bridgehead atoms. The van der Waals surface area contributed by atoms with Gasteiger partial charge in [-0.1, -0.05) is 115 Å². The van der Waals surface area contributed by atoms with Gasteiger partial charge in [0.05, 0.1) is 24.7 Å². The van der Waals surface area contributed by atoms with Crippen LogP contribution < -0.4 is 10.3 Å². The Morgan fingerprint density at radius 3 is 2.10 bits per heavy atom. The number of pyridine rings is 1. The Morgan fingerprint density at radius 1 is 0.643 bits per heavy atom. The molecule has 6 aromatic carbocycles. The second-order valence-electron chi connectivity index (χ2n) is 10.3. The van der Waals surface area contributed by atoms with E-state index in [2.05, 4.69) is 84.6 Å². The van der Waals surface area contributed by atoms with Gasteiger partial charge in [-0.2, -0.15) is 0 Å². The molecule has 7 rings (SSSR count). The van der Waals surface area contributed by atoms with Crippen molar-refractivity contribution in [2.75, 3.05) is 7.11 Å². The number of aromatic nitrogens is 1. The highest BCUT2D eigenvalue weighted by molar-refractivity contribution is 6.16. The first-order valence-electron chi connectivity index (χ1n) is 14.0. The Hall–Kier alpha value is -5.59. The number of rotatable bonds is 4. The van der Waals surface area contributed by atoms with Crippen molar-refractivity contribution in [3.8, 4) is 28.7 Å². The zero-order chi connectivity index (χ0) is 28.5. The van der Waals surface area contributed by atoms with Crippen molar-refractivity contribution in [1.29, 1.82) is 0 Å². The SMILES string of the molecule is COc1ccccc1C#Cc1ccc2ccccc2c1-c1cc(=O)n(Cc2ccccc2)c2ccc3ccccc3c12. The lowest BCUT2D eigenvalue weighted by atomic mass is 9.89. The lowest BCUT2D eigenvalue weighted by Crippen LogP contribution is -2.21. The van der Waals surface area contributed by atoms with Crippen molar-refractivity contribution in [2.24, 2.45) is 0 Å². The van der Waals surface area contributed by atoms with Crippen molar-refractivity contribution in [3.05, 3.63) is 161 Å². The molecule has 0 amide bonds. The van der Waals surface area contributed by atoms with Gasteiger partial charge in [-0.05, 0) is 56.9 Å². The molecule has 0 saturated carbocycles. The van der Waals surface area contributed by atoms with Crippen LogP contribution in [-0.2, 0) is 6.54 Å². The molecule has 0 atom stereocenters. The van der Waals surface area contributed by atoms with Gasteiger partial charge in [0.1, 0.15) is 5.75 Å². The molecule has 0 spiro atoms. The first kappa shape index (κ1) is 25.4. The molecule has 0 aliphatic rings. The van der Waals surface area contributed by atoms with Crippen LogP contribution in [0.15, 0.2) is 138 Å². The molecule has 0 N–H and O–H groups in total. The molecule has 7 aromatic rings. The first-order valence-corrected chi connectivity index (χ1v) is 14.0. The van der Waals surface area contributed by atoms with E-state index in [4.69, 9.17) is 4.74 Å². The highest BCUT2D eigenvalue weighted by Gasteiger charge is 2.18. The number of benzene rings is 6. The third-order valence-corrected chi connectivity index (χ3v) is 7.82. The maximum atomic E-state index is 14.0. The van der Waals surface area contributed by atoms with E-state index < -0.39 is 0 Å². The molecule has 0 radical (unpaired) electrons. The summed E-state index contributed by atoms with van der Waals surface area (Å²) in [5.41, 5.74) is 5.44. The van der Waals surface area contributed by atoms with Gasteiger partial charge in [0.25, 0.3) is 5.56 Å². The molecule has 1 heterocycles. The molecular weight excluding hydrogens is 514 g/mol. The molecule has 3 nitrogen and oxygen atoms in total. The van der Waals surface area contributed by atoms with E-state index in [1.807, 2.05) is 59.2 Å². The van der Waals surface area contributed by atoms with Crippen LogP contribution in [0.1, 0.15) is 16.7 Å². The molecule has 0 unspecified atom stereocenters. The Labute approximate surface area is 244 Å². The maximum absolute atomic E-state index is 14.0. The number of nitrogens with zero attached hydrogens (tertiary/aromatic N) is 1. The van der Waals surface area contributed by atoms with Crippen molar-refractivity contribution < 1.29 is 4.74 Å². The lowest BCUT2D eigenvalue weighted by Gasteiger charge is -2.18. The molecular formula is C39H27NO2. The summed E-state index contributed by atoms with van der Waals surface area (Å²) in [6.07, 6.45) is 0. The van der Waals surface area contributed by atoms with E-state index in [9.17, 15) is 4.79 Å². The largest absolute Gasteiger partial charge is 0.495 e. The van der Waals surface area contributed by atoms with Crippen LogP contribution >= 0.6 is 0 Å². The van der Waals surface area contributed by atoms with Crippen LogP contribution in [-0.4, -0.2) is 11.7 Å². The summed E-state index contributed by atoms with van der Waals surface area (Å²) in [5.74, 6) is 7.51. The van der Waals surface area contributed by atoms with Gasteiger partial charge >= 0.3 is 0 Å². The average Bonchev–Trinajstić information content (AvgIpc) is 3.05. The maximum Gasteiger partial charge on any atom is 0.251 e. The minimum absolute atomic E-state index is 0.0480. The van der Waals surface area contributed by atoms with Gasteiger partial charge in [-0.15, -0.1) is 0 Å². The van der Waals surface area contributed by atoms with E-state index in [1.165, 1.54) is 0 Å². The molecule has 3 heteroatoms. The van der Waals surface area contributed by atoms with Crippen LogP contribution in [0.4, 0.5) is 0 Å². The van der Waals surface area contributed by atoms with E-state index in [-0.39, 0.29) is 5.56 Å². The van der Waals surface area contributed by atoms with Crippen LogP contribution in [0.2, 0.25) is 0 Å². The third-order valence-electron chi connectivity index (χ3n) is 7.82. The minimum atomic E-state index is -0.0480. The predicted molar refractivity (Wildman–Crippen MR) is 173 cm³/mol. The van der Waals surface area contributed by atoms with Crippen LogP contribution in [0.5, 0.6) is 5.75 Å². The highest BCUT2D eigenvalue weighted by Crippen LogP contribution is 2.39. The van der Waals surface area contributed by atoms with Gasteiger partial charge in [0.15, 0.2) is 0 Å².